The Balaban J connectivity index is 2.47. The molecule has 5 heteroatoms. The number of urea groups is 1. The molecule has 0 aliphatic carbocycles. The highest BCUT2D eigenvalue weighted by Crippen LogP contribution is 2.17. The van der Waals surface area contributed by atoms with Crippen molar-refractivity contribution in [2.45, 2.75) is 31.3 Å². The van der Waals surface area contributed by atoms with E-state index in [1.165, 1.54) is 0 Å². The van der Waals surface area contributed by atoms with Crippen LogP contribution in [0.1, 0.15) is 20.8 Å². The summed E-state index contributed by atoms with van der Waals surface area (Å²) < 4.78 is 0. The molecule has 0 saturated carbocycles. The van der Waals surface area contributed by atoms with E-state index in [0.717, 1.165) is 10.6 Å². The van der Waals surface area contributed by atoms with Crippen LogP contribution in [0.5, 0.6) is 0 Å². The fourth-order valence-corrected chi connectivity index (χ4v) is 1.72. The molecule has 0 spiro atoms. The zero-order valence-corrected chi connectivity index (χ0v) is 12.7. The summed E-state index contributed by atoms with van der Waals surface area (Å²) in [5.41, 5.74) is -0.167. The third-order valence-electron chi connectivity index (χ3n) is 3.20. The maximum atomic E-state index is 11.7. The first-order valence-corrected chi connectivity index (χ1v) is 7.49. The van der Waals surface area contributed by atoms with Gasteiger partial charge in [-0.3, -0.25) is 0 Å². The Hall–Kier alpha value is -1.20. The first-order valence-electron chi connectivity index (χ1n) is 6.26. The Kier molecular flexibility index (Phi) is 5.69. The molecule has 0 fully saturated rings. The Morgan fingerprint density at radius 1 is 1.37 bits per heavy atom. The molecule has 1 atom stereocenters. The van der Waals surface area contributed by atoms with E-state index in [1.807, 2.05) is 44.4 Å². The topological polar surface area (TPSA) is 61.4 Å². The number of thioether (sulfide) groups is 1. The van der Waals surface area contributed by atoms with Gasteiger partial charge in [-0.05, 0) is 43.4 Å². The van der Waals surface area contributed by atoms with E-state index in [0.29, 0.717) is 0 Å². The fraction of sp³-hybridized carbons (Fsp3) is 0.500. The van der Waals surface area contributed by atoms with Crippen LogP contribution < -0.4 is 10.6 Å². The molecule has 1 unspecified atom stereocenters. The van der Waals surface area contributed by atoms with Crippen LogP contribution in [-0.2, 0) is 0 Å². The van der Waals surface area contributed by atoms with Crippen molar-refractivity contribution in [3.05, 3.63) is 24.3 Å². The van der Waals surface area contributed by atoms with E-state index in [1.54, 1.807) is 18.7 Å². The van der Waals surface area contributed by atoms with Gasteiger partial charge in [0.1, 0.15) is 0 Å². The van der Waals surface area contributed by atoms with Gasteiger partial charge in [0.2, 0.25) is 0 Å². The second-order valence-electron chi connectivity index (χ2n) is 5.05. The molecule has 19 heavy (non-hydrogen) atoms. The highest BCUT2D eigenvalue weighted by molar-refractivity contribution is 7.98. The van der Waals surface area contributed by atoms with Crippen LogP contribution in [-0.4, -0.2) is 29.5 Å². The van der Waals surface area contributed by atoms with E-state index in [2.05, 4.69) is 10.6 Å². The van der Waals surface area contributed by atoms with Gasteiger partial charge in [-0.15, -0.1) is 11.8 Å². The number of nitrogens with one attached hydrogen (secondary N) is 2. The summed E-state index contributed by atoms with van der Waals surface area (Å²) in [5.74, 6) is 0.0775. The average Bonchev–Trinajstić information content (AvgIpc) is 2.37. The van der Waals surface area contributed by atoms with Crippen LogP contribution >= 0.6 is 11.8 Å². The van der Waals surface area contributed by atoms with Crippen LogP contribution in [0.2, 0.25) is 0 Å². The predicted octanol–water partition coefficient (Wildman–Crippen LogP) is 2.94. The molecule has 2 amide bonds. The second kappa shape index (κ2) is 6.82. The predicted molar refractivity (Wildman–Crippen MR) is 80.7 cm³/mol. The summed E-state index contributed by atoms with van der Waals surface area (Å²) >= 11 is 1.65. The maximum Gasteiger partial charge on any atom is 0.319 e. The molecule has 106 valence electrons. The van der Waals surface area contributed by atoms with E-state index in [4.69, 9.17) is 0 Å². The molecular weight excluding hydrogens is 260 g/mol. The Morgan fingerprint density at radius 3 is 2.42 bits per heavy atom. The molecule has 0 heterocycles. The minimum absolute atomic E-state index is 0.0775. The molecule has 4 nitrogen and oxygen atoms in total. The fourth-order valence-electron chi connectivity index (χ4n) is 1.31. The van der Waals surface area contributed by atoms with Crippen molar-refractivity contribution in [1.29, 1.82) is 0 Å². The number of carbonyl (C=O) groups is 1. The summed E-state index contributed by atoms with van der Waals surface area (Å²) in [6, 6.07) is 7.30. The molecule has 0 saturated heterocycles. The smallest absolute Gasteiger partial charge is 0.319 e. The van der Waals surface area contributed by atoms with Gasteiger partial charge in [-0.25, -0.2) is 4.79 Å². The zero-order chi connectivity index (χ0) is 14.5. The van der Waals surface area contributed by atoms with Gasteiger partial charge >= 0.3 is 6.03 Å². The molecule has 1 aromatic carbocycles. The monoisotopic (exact) mass is 282 g/mol. The number of anilines is 1. The number of carbonyl (C=O) groups excluding carboxylic acids is 1. The third kappa shape index (κ3) is 5.12. The molecule has 1 aromatic rings. The standard InChI is InChI=1S/C14H22N2O2S/c1-10(2)14(3,18)9-15-13(17)16-11-5-7-12(19-4)8-6-11/h5-8,10,18H,9H2,1-4H3,(H2,15,16,17). The largest absolute Gasteiger partial charge is 0.388 e. The maximum absolute atomic E-state index is 11.7. The Bertz CT molecular complexity index is 416. The van der Waals surface area contributed by atoms with Crippen molar-refractivity contribution in [3.63, 3.8) is 0 Å². The van der Waals surface area contributed by atoms with Crippen LogP contribution in [0.4, 0.5) is 10.5 Å². The third-order valence-corrected chi connectivity index (χ3v) is 3.94. The number of amides is 2. The summed E-state index contributed by atoms with van der Waals surface area (Å²) in [6.45, 7) is 5.77. The van der Waals surface area contributed by atoms with E-state index in [9.17, 15) is 9.90 Å². The molecule has 0 aliphatic rings. The van der Waals surface area contributed by atoms with Gasteiger partial charge in [0.05, 0.1) is 5.60 Å². The zero-order valence-electron chi connectivity index (χ0n) is 11.9. The minimum Gasteiger partial charge on any atom is -0.388 e. The first kappa shape index (κ1) is 15.9. The summed E-state index contributed by atoms with van der Waals surface area (Å²) in [5, 5.41) is 15.4. The quantitative estimate of drug-likeness (QED) is 0.728. The van der Waals surface area contributed by atoms with Crippen LogP contribution in [0.15, 0.2) is 29.2 Å². The highest BCUT2D eigenvalue weighted by Gasteiger charge is 2.25. The SMILES string of the molecule is CSc1ccc(NC(=O)NCC(C)(O)C(C)C)cc1. The van der Waals surface area contributed by atoms with Crippen LogP contribution in [0, 0.1) is 5.92 Å². The normalized spacial score (nSPS) is 14.0. The van der Waals surface area contributed by atoms with Crippen molar-refractivity contribution < 1.29 is 9.90 Å². The lowest BCUT2D eigenvalue weighted by Crippen LogP contribution is -2.45. The van der Waals surface area contributed by atoms with Gasteiger partial charge < -0.3 is 15.7 Å². The molecule has 0 aliphatic heterocycles. The lowest BCUT2D eigenvalue weighted by molar-refractivity contribution is 0.0170. The first-order chi connectivity index (χ1) is 8.85. The van der Waals surface area contributed by atoms with E-state index < -0.39 is 5.60 Å². The molecular formula is C14H22N2O2S. The summed E-state index contributed by atoms with van der Waals surface area (Å²) in [4.78, 5) is 12.8. The second-order valence-corrected chi connectivity index (χ2v) is 5.93. The van der Waals surface area contributed by atoms with Crippen molar-refractivity contribution in [2.75, 3.05) is 18.1 Å². The number of hydrogen-bond donors (Lipinski definition) is 3. The van der Waals surface area contributed by atoms with Crippen molar-refractivity contribution in [1.82, 2.24) is 5.32 Å². The highest BCUT2D eigenvalue weighted by atomic mass is 32.2. The number of aliphatic hydroxyl groups is 1. The van der Waals surface area contributed by atoms with Gasteiger partial charge in [0, 0.05) is 17.1 Å². The minimum atomic E-state index is -0.903. The average molecular weight is 282 g/mol. The van der Waals surface area contributed by atoms with Gasteiger partial charge in [-0.1, -0.05) is 13.8 Å². The Morgan fingerprint density at radius 2 is 1.95 bits per heavy atom. The molecule has 0 bridgehead atoms. The van der Waals surface area contributed by atoms with Gasteiger partial charge in [0.15, 0.2) is 0 Å². The van der Waals surface area contributed by atoms with Gasteiger partial charge in [0.25, 0.3) is 0 Å². The molecule has 0 aromatic heterocycles. The van der Waals surface area contributed by atoms with E-state index >= 15 is 0 Å². The van der Waals surface area contributed by atoms with Crippen LogP contribution in [0.25, 0.3) is 0 Å². The van der Waals surface area contributed by atoms with E-state index in [-0.39, 0.29) is 18.5 Å². The Labute approximate surface area is 119 Å². The van der Waals surface area contributed by atoms with Crippen LogP contribution in [0.3, 0.4) is 0 Å². The van der Waals surface area contributed by atoms with Crippen molar-refractivity contribution in [2.24, 2.45) is 5.92 Å². The molecule has 3 N–H and O–H groups in total. The lowest BCUT2D eigenvalue weighted by atomic mass is 9.93. The summed E-state index contributed by atoms with van der Waals surface area (Å²) in [7, 11) is 0. The number of hydrogen-bond acceptors (Lipinski definition) is 3. The van der Waals surface area contributed by atoms with Gasteiger partial charge in [-0.2, -0.15) is 0 Å². The van der Waals surface area contributed by atoms with Crippen molar-refractivity contribution in [3.8, 4) is 0 Å². The molecule has 0 radical (unpaired) electrons. The number of rotatable bonds is 5. The number of benzene rings is 1. The lowest BCUT2D eigenvalue weighted by Gasteiger charge is -2.27. The molecule has 1 rings (SSSR count). The van der Waals surface area contributed by atoms with Crippen molar-refractivity contribution >= 4 is 23.5 Å². The summed E-state index contributed by atoms with van der Waals surface area (Å²) in [6.07, 6.45) is 2.00.